The molecule has 2 saturated heterocycles. The fourth-order valence-corrected chi connectivity index (χ4v) is 6.28. The van der Waals surface area contributed by atoms with Crippen LogP contribution < -0.4 is 4.83 Å². The minimum absolute atomic E-state index is 0.0340. The van der Waals surface area contributed by atoms with Crippen LogP contribution in [-0.2, 0) is 43.9 Å². The van der Waals surface area contributed by atoms with Crippen molar-refractivity contribution in [3.8, 4) is 0 Å². The predicted molar refractivity (Wildman–Crippen MR) is 139 cm³/mol. The first-order valence-electron chi connectivity index (χ1n) is 13.2. The summed E-state index contributed by atoms with van der Waals surface area (Å²) in [7, 11) is -3.59. The Balaban J connectivity index is 1.41. The van der Waals surface area contributed by atoms with Gasteiger partial charge in [-0.3, -0.25) is 4.90 Å². The van der Waals surface area contributed by atoms with Crippen LogP contribution in [0, 0.1) is 0 Å². The van der Waals surface area contributed by atoms with Gasteiger partial charge in [0.15, 0.2) is 0 Å². The van der Waals surface area contributed by atoms with Gasteiger partial charge in [0.1, 0.15) is 0 Å². The minimum atomic E-state index is -4.94. The molecule has 7 nitrogen and oxygen atoms in total. The first-order valence-corrected chi connectivity index (χ1v) is 14.9. The number of morpholine rings is 1. The Bertz CT molecular complexity index is 1210. The van der Waals surface area contributed by atoms with Crippen molar-refractivity contribution in [3.63, 3.8) is 0 Å². The van der Waals surface area contributed by atoms with Gasteiger partial charge >= 0.3 is 12.4 Å². The maximum absolute atomic E-state index is 13.3. The molecule has 1 N–H and O–H groups in total. The van der Waals surface area contributed by atoms with Gasteiger partial charge in [-0.05, 0) is 42.2 Å². The Morgan fingerprint density at radius 1 is 0.878 bits per heavy atom. The molecule has 0 radical (unpaired) electrons. The van der Waals surface area contributed by atoms with Gasteiger partial charge in [0.25, 0.3) is 0 Å². The molecular formula is C27H33F6N3O4S. The van der Waals surface area contributed by atoms with Crippen LogP contribution in [0.15, 0.2) is 48.5 Å². The van der Waals surface area contributed by atoms with E-state index in [4.69, 9.17) is 9.47 Å². The zero-order chi connectivity index (χ0) is 29.7. The highest BCUT2D eigenvalue weighted by Gasteiger charge is 2.39. The summed E-state index contributed by atoms with van der Waals surface area (Å²) in [6.45, 7) is 3.16. The van der Waals surface area contributed by atoms with Crippen molar-refractivity contribution >= 4 is 10.0 Å². The number of hydrogen-bond donors (Lipinski definition) is 1. The topological polar surface area (TPSA) is 71.1 Å². The van der Waals surface area contributed by atoms with Gasteiger partial charge in [0.2, 0.25) is 10.0 Å². The molecule has 2 aliphatic heterocycles. The lowest BCUT2D eigenvalue weighted by Crippen LogP contribution is -2.53. The number of alkyl halides is 6. The van der Waals surface area contributed by atoms with E-state index < -0.39 is 45.5 Å². The monoisotopic (exact) mass is 609 g/mol. The molecule has 0 aliphatic carbocycles. The highest BCUT2D eigenvalue weighted by molar-refractivity contribution is 7.89. The van der Waals surface area contributed by atoms with Crippen molar-refractivity contribution in [1.29, 1.82) is 0 Å². The maximum Gasteiger partial charge on any atom is 0.416 e. The van der Waals surface area contributed by atoms with Crippen LogP contribution in [0.4, 0.5) is 26.3 Å². The third-order valence-electron chi connectivity index (χ3n) is 7.45. The molecule has 4 rings (SSSR count). The molecule has 0 bridgehead atoms. The normalized spacial score (nSPS) is 19.4. The van der Waals surface area contributed by atoms with Crippen LogP contribution in [-0.4, -0.2) is 76.6 Å². The van der Waals surface area contributed by atoms with Gasteiger partial charge in [-0.25, -0.2) is 13.4 Å². The van der Waals surface area contributed by atoms with Crippen molar-refractivity contribution < 1.29 is 44.2 Å². The molecule has 0 saturated carbocycles. The molecule has 2 aromatic rings. The van der Waals surface area contributed by atoms with E-state index in [1.54, 1.807) is 5.01 Å². The summed E-state index contributed by atoms with van der Waals surface area (Å²) in [5, 5.41) is 1.62. The standard InChI is InChI=1S/C27H33F6N3O4S/c28-26(29,30)23-16-21(17-24(18-23)27(31,32)33)19-40-20-25(22-4-2-1-3-5-22)6-8-36(9-7-25)34-41(37,38)15-12-35-10-13-39-14-11-35/h1-5,16-18,34H,6-15,19-20H2. The number of hydrogen-bond acceptors (Lipinski definition) is 6. The van der Waals surface area contributed by atoms with E-state index in [2.05, 4.69) is 4.83 Å². The quantitative estimate of drug-likeness (QED) is 0.402. The van der Waals surface area contributed by atoms with E-state index in [9.17, 15) is 34.8 Å². The average Bonchev–Trinajstić information content (AvgIpc) is 2.93. The molecule has 2 fully saturated rings. The van der Waals surface area contributed by atoms with Crippen molar-refractivity contribution in [2.75, 3.05) is 58.3 Å². The molecule has 0 unspecified atom stereocenters. The first-order chi connectivity index (χ1) is 19.3. The number of hydrazine groups is 1. The van der Waals surface area contributed by atoms with Crippen molar-refractivity contribution in [2.45, 2.75) is 37.2 Å². The third kappa shape index (κ3) is 8.88. The summed E-state index contributed by atoms with van der Waals surface area (Å²) in [5.74, 6) is -0.0622. The number of ether oxygens (including phenoxy) is 2. The van der Waals surface area contributed by atoms with E-state index >= 15 is 0 Å². The Labute approximate surface area is 235 Å². The first kappa shape index (κ1) is 31.7. The highest BCUT2D eigenvalue weighted by Crippen LogP contribution is 2.38. The second-order valence-corrected chi connectivity index (χ2v) is 12.2. The number of nitrogens with one attached hydrogen (secondary N) is 1. The fourth-order valence-electron chi connectivity index (χ4n) is 5.12. The Kier molecular flexibility index (Phi) is 10.0. The summed E-state index contributed by atoms with van der Waals surface area (Å²) >= 11 is 0. The Morgan fingerprint density at radius 2 is 1.46 bits per heavy atom. The van der Waals surface area contributed by atoms with Crippen molar-refractivity contribution in [1.82, 2.24) is 14.7 Å². The number of benzene rings is 2. The number of nitrogens with zero attached hydrogens (tertiary/aromatic N) is 2. The number of piperidine rings is 1. The minimum Gasteiger partial charge on any atom is -0.379 e. The Morgan fingerprint density at radius 3 is 2.02 bits per heavy atom. The molecule has 228 valence electrons. The third-order valence-corrected chi connectivity index (χ3v) is 8.71. The molecular weight excluding hydrogens is 576 g/mol. The highest BCUT2D eigenvalue weighted by atomic mass is 32.2. The smallest absolute Gasteiger partial charge is 0.379 e. The summed E-state index contributed by atoms with van der Waals surface area (Å²) in [4.78, 5) is 4.67. The van der Waals surface area contributed by atoms with Crippen LogP contribution in [0.3, 0.4) is 0 Å². The summed E-state index contributed by atoms with van der Waals surface area (Å²) < 4.78 is 116. The molecule has 2 aromatic carbocycles. The fraction of sp³-hybridized carbons (Fsp3) is 0.556. The lowest BCUT2D eigenvalue weighted by atomic mass is 9.73. The predicted octanol–water partition coefficient (Wildman–Crippen LogP) is 4.44. The van der Waals surface area contributed by atoms with Crippen LogP contribution in [0.5, 0.6) is 0 Å². The lowest BCUT2D eigenvalue weighted by molar-refractivity contribution is -0.143. The average molecular weight is 610 g/mol. The van der Waals surface area contributed by atoms with Crippen molar-refractivity contribution in [2.24, 2.45) is 0 Å². The van der Waals surface area contributed by atoms with Crippen LogP contribution >= 0.6 is 0 Å². The summed E-state index contributed by atoms with van der Waals surface area (Å²) in [6, 6.07) is 10.7. The number of rotatable bonds is 10. The molecule has 14 heteroatoms. The van der Waals surface area contributed by atoms with E-state index in [1.165, 1.54) is 0 Å². The van der Waals surface area contributed by atoms with Crippen LogP contribution in [0.25, 0.3) is 0 Å². The van der Waals surface area contributed by atoms with E-state index in [1.807, 2.05) is 35.2 Å². The summed E-state index contributed by atoms with van der Waals surface area (Å²) in [6.07, 6.45) is -8.97. The summed E-state index contributed by atoms with van der Waals surface area (Å²) in [5.41, 5.74) is -2.72. The SMILES string of the molecule is O=S(=O)(CCN1CCOCC1)NN1CCC(COCc2cc(C(F)(F)F)cc(C(F)(F)F)c2)(c2ccccc2)CC1. The zero-order valence-corrected chi connectivity index (χ0v) is 23.1. The maximum atomic E-state index is 13.3. The molecule has 0 atom stereocenters. The number of halogens is 6. The van der Waals surface area contributed by atoms with Crippen molar-refractivity contribution in [3.05, 3.63) is 70.8 Å². The molecule has 2 heterocycles. The van der Waals surface area contributed by atoms with Gasteiger partial charge in [-0.1, -0.05) is 30.3 Å². The van der Waals surface area contributed by atoms with E-state index in [0.717, 1.165) is 5.56 Å². The lowest BCUT2D eigenvalue weighted by Gasteiger charge is -2.42. The molecule has 0 amide bonds. The molecule has 2 aliphatic rings. The largest absolute Gasteiger partial charge is 0.416 e. The van der Waals surface area contributed by atoms with Gasteiger partial charge in [-0.2, -0.15) is 26.3 Å². The number of sulfonamides is 1. The zero-order valence-electron chi connectivity index (χ0n) is 22.3. The molecule has 0 aromatic heterocycles. The van der Waals surface area contributed by atoms with Gasteiger partial charge in [0.05, 0.1) is 43.3 Å². The van der Waals surface area contributed by atoms with Gasteiger partial charge in [0, 0.05) is 38.1 Å². The van der Waals surface area contributed by atoms with Gasteiger partial charge < -0.3 is 9.47 Å². The van der Waals surface area contributed by atoms with E-state index in [-0.39, 0.29) is 24.0 Å². The van der Waals surface area contributed by atoms with Crippen LogP contribution in [0.1, 0.15) is 35.1 Å². The molecule has 41 heavy (non-hydrogen) atoms. The second kappa shape index (κ2) is 13.0. The van der Waals surface area contributed by atoms with E-state index in [0.29, 0.717) is 70.9 Å². The van der Waals surface area contributed by atoms with Gasteiger partial charge in [-0.15, -0.1) is 4.83 Å². The Hall–Kier alpha value is -2.23. The molecule has 0 spiro atoms. The van der Waals surface area contributed by atoms with Crippen LogP contribution in [0.2, 0.25) is 0 Å². The second-order valence-electron chi connectivity index (χ2n) is 10.4.